The number of halogens is 2. The minimum atomic E-state index is -1.50. The number of nitrogens with zero attached hydrogens (tertiary/aromatic N) is 3. The average Bonchev–Trinajstić information content (AvgIpc) is 2.97. The third-order valence-electron chi connectivity index (χ3n) is 2.98. The number of allylic oxidation sites excluding steroid dienone is 2. The van der Waals surface area contributed by atoms with Crippen molar-refractivity contribution >= 4 is 23.2 Å². The molecule has 1 N–H and O–H groups in total. The monoisotopic (exact) mass is 365 g/mol. The van der Waals surface area contributed by atoms with Gasteiger partial charge in [0.1, 0.15) is 6.79 Å². The van der Waals surface area contributed by atoms with Crippen molar-refractivity contribution in [2.24, 2.45) is 5.92 Å². The Kier molecular flexibility index (Phi) is 8.04. The predicted molar refractivity (Wildman–Crippen MR) is 83.7 cm³/mol. The summed E-state index contributed by atoms with van der Waals surface area (Å²) < 4.78 is 12.5. The van der Waals surface area contributed by atoms with E-state index in [0.29, 0.717) is 5.03 Å². The molecule has 1 aromatic rings. The van der Waals surface area contributed by atoms with E-state index in [1.807, 2.05) is 22.9 Å². The van der Waals surface area contributed by atoms with Gasteiger partial charge in [-0.05, 0) is 18.6 Å². The Morgan fingerprint density at radius 3 is 2.87 bits per heavy atom. The van der Waals surface area contributed by atoms with Gasteiger partial charge in [-0.25, -0.2) is 4.98 Å². The molecule has 1 aliphatic rings. The molecule has 8 nitrogen and oxygen atoms in total. The molecule has 0 aliphatic heterocycles. The first-order valence-electron chi connectivity index (χ1n) is 6.54. The summed E-state index contributed by atoms with van der Waals surface area (Å²) in [7, 11) is 1.56. The molecule has 1 heterocycles. The van der Waals surface area contributed by atoms with Gasteiger partial charge in [-0.3, -0.25) is 0 Å². The van der Waals surface area contributed by atoms with Crippen LogP contribution in [0.3, 0.4) is 0 Å². The zero-order valence-electron chi connectivity index (χ0n) is 12.3. The van der Waals surface area contributed by atoms with Crippen molar-refractivity contribution in [2.75, 3.05) is 13.9 Å². The van der Waals surface area contributed by atoms with Gasteiger partial charge in [0.05, 0.1) is 6.33 Å². The first-order chi connectivity index (χ1) is 10.9. The van der Waals surface area contributed by atoms with Gasteiger partial charge in [-0.1, -0.05) is 29.3 Å². The van der Waals surface area contributed by atoms with Gasteiger partial charge in [0, 0.05) is 37.0 Å². The summed E-state index contributed by atoms with van der Waals surface area (Å²) in [5.74, 6) is 0.0224. The Bertz CT molecular complexity index is 546. The second kappa shape index (κ2) is 9.51. The zero-order chi connectivity index (χ0) is 17.3. The van der Waals surface area contributed by atoms with Gasteiger partial charge in [0.2, 0.25) is 0 Å². The summed E-state index contributed by atoms with van der Waals surface area (Å²) in [4.78, 5) is 12.4. The van der Waals surface area contributed by atoms with Crippen molar-refractivity contribution in [2.45, 2.75) is 18.0 Å². The lowest BCUT2D eigenvalue weighted by Gasteiger charge is -2.33. The lowest BCUT2D eigenvalue weighted by molar-refractivity contribution is -0.742. The van der Waals surface area contributed by atoms with Crippen molar-refractivity contribution in [3.8, 4) is 0 Å². The van der Waals surface area contributed by atoms with Gasteiger partial charge in [0.25, 0.3) is 5.09 Å². The van der Waals surface area contributed by atoms with Gasteiger partial charge < -0.3 is 19.2 Å². The number of imidazole rings is 1. The molecule has 1 aromatic heterocycles. The molecule has 0 aromatic carbocycles. The van der Waals surface area contributed by atoms with Gasteiger partial charge in [-0.2, -0.15) is 0 Å². The Morgan fingerprint density at radius 2 is 2.30 bits per heavy atom. The Balaban J connectivity index is 0.000000593. The summed E-state index contributed by atoms with van der Waals surface area (Å²) >= 11 is 12.5. The smallest absolute Gasteiger partial charge is 0.291 e. The van der Waals surface area contributed by atoms with Crippen LogP contribution >= 0.6 is 23.2 Å². The second-order valence-corrected chi connectivity index (χ2v) is 5.60. The molecule has 0 saturated heterocycles. The molecule has 0 saturated carbocycles. The minimum Gasteiger partial charge on any atom is -0.359 e. The normalized spacial score (nSPS) is 22.9. The summed E-state index contributed by atoms with van der Waals surface area (Å²) in [6.45, 7) is 0.935. The van der Waals surface area contributed by atoms with Crippen LogP contribution in [0.2, 0.25) is 0 Å². The standard InChI is InChI=1S/C13H16Cl2N2O2.HNO3/c1-18-10-19-13(15)8-12(14)3-2-11(13)4-6-17-7-5-16-9-17;2-1(3)4/h2-3,5,7-9,11H,4,6,10H2,1H3;(H,2,3,4). The first kappa shape index (κ1) is 19.4. The van der Waals surface area contributed by atoms with Crippen LogP contribution in [0.5, 0.6) is 0 Å². The molecule has 0 amide bonds. The third-order valence-corrected chi connectivity index (χ3v) is 3.72. The van der Waals surface area contributed by atoms with Crippen LogP contribution in [-0.2, 0) is 16.0 Å². The molecule has 2 atom stereocenters. The van der Waals surface area contributed by atoms with E-state index < -0.39 is 10.1 Å². The molecular formula is C13H17Cl2N3O5. The number of aryl methyl sites for hydroxylation is 1. The molecule has 128 valence electrons. The highest BCUT2D eigenvalue weighted by Gasteiger charge is 2.36. The van der Waals surface area contributed by atoms with E-state index in [1.165, 1.54) is 0 Å². The van der Waals surface area contributed by atoms with E-state index in [1.54, 1.807) is 25.7 Å². The number of methoxy groups -OCH3 is 1. The van der Waals surface area contributed by atoms with Crippen LogP contribution < -0.4 is 0 Å². The van der Waals surface area contributed by atoms with E-state index in [4.69, 9.17) is 48.0 Å². The molecule has 1 aliphatic carbocycles. The van der Waals surface area contributed by atoms with E-state index in [9.17, 15) is 0 Å². The summed E-state index contributed by atoms with van der Waals surface area (Å²) in [5, 5.41) is 13.3. The lowest BCUT2D eigenvalue weighted by Crippen LogP contribution is -2.35. The largest absolute Gasteiger partial charge is 0.359 e. The van der Waals surface area contributed by atoms with Crippen molar-refractivity contribution in [1.82, 2.24) is 9.55 Å². The van der Waals surface area contributed by atoms with Crippen LogP contribution in [0.15, 0.2) is 42.0 Å². The Labute approximate surface area is 143 Å². The van der Waals surface area contributed by atoms with Crippen molar-refractivity contribution < 1.29 is 19.8 Å². The lowest BCUT2D eigenvalue weighted by atomic mass is 9.93. The van der Waals surface area contributed by atoms with E-state index in [2.05, 4.69) is 4.98 Å². The fourth-order valence-corrected chi connectivity index (χ4v) is 2.62. The van der Waals surface area contributed by atoms with E-state index >= 15 is 0 Å². The topological polar surface area (TPSA) is 99.7 Å². The van der Waals surface area contributed by atoms with Crippen LogP contribution in [0, 0.1) is 16.0 Å². The fraction of sp³-hybridized carbons (Fsp3) is 0.462. The molecule has 23 heavy (non-hydrogen) atoms. The summed E-state index contributed by atoms with van der Waals surface area (Å²) in [6.07, 6.45) is 11.8. The van der Waals surface area contributed by atoms with Gasteiger partial charge in [0.15, 0.2) is 5.06 Å². The predicted octanol–water partition coefficient (Wildman–Crippen LogP) is 2.79. The third kappa shape index (κ3) is 7.00. The van der Waals surface area contributed by atoms with Gasteiger partial charge in [-0.15, -0.1) is 10.1 Å². The fourth-order valence-electron chi connectivity index (χ4n) is 1.98. The highest BCUT2D eigenvalue weighted by atomic mass is 35.5. The summed E-state index contributed by atoms with van der Waals surface area (Å²) in [6, 6.07) is 0. The molecule has 0 fully saturated rings. The molecule has 10 heteroatoms. The average molecular weight is 366 g/mol. The van der Waals surface area contributed by atoms with E-state index in [-0.39, 0.29) is 12.7 Å². The zero-order valence-corrected chi connectivity index (χ0v) is 13.9. The Hall–Kier alpha value is -1.61. The van der Waals surface area contributed by atoms with Crippen molar-refractivity contribution in [1.29, 1.82) is 0 Å². The number of hydrogen-bond acceptors (Lipinski definition) is 5. The second-order valence-electron chi connectivity index (χ2n) is 4.57. The van der Waals surface area contributed by atoms with Crippen molar-refractivity contribution in [3.05, 3.63) is 52.1 Å². The quantitative estimate of drug-likeness (QED) is 0.360. The SMILES string of the molecule is COCOC1(Cl)C=C(Cl)C=CC1CCn1ccnc1.O=[N+]([O-])O. The van der Waals surface area contributed by atoms with Crippen LogP contribution in [0.25, 0.3) is 0 Å². The first-order valence-corrected chi connectivity index (χ1v) is 7.30. The van der Waals surface area contributed by atoms with Crippen LogP contribution in [0.4, 0.5) is 0 Å². The molecular weight excluding hydrogens is 349 g/mol. The van der Waals surface area contributed by atoms with Crippen LogP contribution in [-0.4, -0.2) is 38.8 Å². The van der Waals surface area contributed by atoms with Gasteiger partial charge >= 0.3 is 0 Å². The summed E-state index contributed by atoms with van der Waals surface area (Å²) in [5.41, 5.74) is 0. The molecule has 0 radical (unpaired) electrons. The number of ether oxygens (including phenoxy) is 2. The van der Waals surface area contributed by atoms with Crippen molar-refractivity contribution in [3.63, 3.8) is 0 Å². The molecule has 2 unspecified atom stereocenters. The number of aromatic nitrogens is 2. The maximum absolute atomic E-state index is 8.36. The highest BCUT2D eigenvalue weighted by molar-refractivity contribution is 6.33. The molecule has 2 rings (SSSR count). The number of rotatable bonds is 6. The maximum atomic E-state index is 8.36. The van der Waals surface area contributed by atoms with E-state index in [0.717, 1.165) is 13.0 Å². The molecule has 0 spiro atoms. The number of hydrogen-bond donors (Lipinski definition) is 1. The Morgan fingerprint density at radius 1 is 1.61 bits per heavy atom. The maximum Gasteiger partial charge on any atom is 0.291 e. The van der Waals surface area contributed by atoms with Crippen LogP contribution in [0.1, 0.15) is 6.42 Å². The molecule has 0 bridgehead atoms. The minimum absolute atomic E-state index is 0.0224. The number of alkyl halides is 1. The highest BCUT2D eigenvalue weighted by Crippen LogP contribution is 2.38.